The summed E-state index contributed by atoms with van der Waals surface area (Å²) in [6.07, 6.45) is 0. The van der Waals surface area contributed by atoms with E-state index in [-0.39, 0.29) is 37.9 Å². The molecule has 9 nitrogen and oxygen atoms in total. The molecule has 4 aromatic rings. The molecular weight excluding hydrogens is 444 g/mol. The zero-order valence-corrected chi connectivity index (χ0v) is 18.6. The van der Waals surface area contributed by atoms with E-state index in [4.69, 9.17) is 27.8 Å². The van der Waals surface area contributed by atoms with E-state index in [0.717, 1.165) is 0 Å². The molecule has 0 unspecified atom stereocenters. The van der Waals surface area contributed by atoms with Crippen molar-refractivity contribution < 1.29 is 42.2 Å². The Balaban J connectivity index is 1.57. The molecule has 0 N–H and O–H groups in total. The third-order valence-corrected chi connectivity index (χ3v) is 4.77. The first-order chi connectivity index (χ1) is 16.5. The molecule has 0 bridgehead atoms. The van der Waals surface area contributed by atoms with Crippen LogP contribution in [0.2, 0.25) is 0 Å². The van der Waals surface area contributed by atoms with Crippen molar-refractivity contribution in [3.8, 4) is 11.5 Å². The number of rotatable bonds is 10. The summed E-state index contributed by atoms with van der Waals surface area (Å²) in [4.78, 5) is 36.3. The fourth-order valence-electron chi connectivity index (χ4n) is 3.32. The number of para-hydroxylation sites is 2. The van der Waals surface area contributed by atoms with Gasteiger partial charge in [-0.25, -0.2) is 9.59 Å². The van der Waals surface area contributed by atoms with Gasteiger partial charge in [0.05, 0.1) is 13.2 Å². The Morgan fingerprint density at radius 1 is 0.706 bits per heavy atom. The topological polar surface area (TPSA) is 114 Å². The van der Waals surface area contributed by atoms with E-state index in [2.05, 4.69) is 0 Å². The summed E-state index contributed by atoms with van der Waals surface area (Å²) in [5, 5.41) is 1.25. The Bertz CT molecular complexity index is 1240. The van der Waals surface area contributed by atoms with Gasteiger partial charge in [-0.15, -0.1) is 0 Å². The molecule has 0 spiro atoms. The average molecular weight is 466 g/mol. The van der Waals surface area contributed by atoms with Crippen LogP contribution in [0, 0.1) is 0 Å². The van der Waals surface area contributed by atoms with Crippen molar-refractivity contribution in [2.75, 3.05) is 26.4 Å². The largest absolute Gasteiger partial charge is 0.478 e. The van der Waals surface area contributed by atoms with Crippen molar-refractivity contribution in [1.29, 1.82) is 0 Å². The highest BCUT2D eigenvalue weighted by atomic mass is 16.6. The highest BCUT2D eigenvalue weighted by molar-refractivity contribution is 6.09. The number of fused-ring (bicyclic) bond motifs is 2. The van der Waals surface area contributed by atoms with Gasteiger partial charge in [0.15, 0.2) is 47.4 Å². The van der Waals surface area contributed by atoms with Gasteiger partial charge in [0.25, 0.3) is 5.78 Å². The van der Waals surface area contributed by atoms with Gasteiger partial charge in [-0.2, -0.15) is 0 Å². The number of carbonyl (C=O) groups is 3. The van der Waals surface area contributed by atoms with Crippen LogP contribution in [0.15, 0.2) is 57.4 Å². The van der Waals surface area contributed by atoms with Crippen molar-refractivity contribution in [2.24, 2.45) is 0 Å². The SMILES string of the molecule is CCOC(=O)COc1cccc2cc(C(=O)c3cc4cccc(OCC(=O)OCC)c4o3)oc12. The van der Waals surface area contributed by atoms with E-state index in [0.29, 0.717) is 33.4 Å². The fourth-order valence-corrected chi connectivity index (χ4v) is 3.32. The molecule has 34 heavy (non-hydrogen) atoms. The predicted molar refractivity (Wildman–Crippen MR) is 120 cm³/mol. The number of carbonyl (C=O) groups excluding carboxylic acids is 3. The third-order valence-electron chi connectivity index (χ3n) is 4.77. The maximum atomic E-state index is 13.1. The first kappa shape index (κ1) is 22.9. The first-order valence-corrected chi connectivity index (χ1v) is 10.7. The molecule has 0 fully saturated rings. The van der Waals surface area contributed by atoms with Crippen LogP contribution in [0.4, 0.5) is 0 Å². The van der Waals surface area contributed by atoms with Crippen molar-refractivity contribution in [3.63, 3.8) is 0 Å². The van der Waals surface area contributed by atoms with Crippen molar-refractivity contribution in [3.05, 3.63) is 60.1 Å². The van der Waals surface area contributed by atoms with Gasteiger partial charge < -0.3 is 27.8 Å². The molecule has 0 aliphatic carbocycles. The Labute approximate surface area is 194 Å². The average Bonchev–Trinajstić information content (AvgIpc) is 3.46. The van der Waals surface area contributed by atoms with Gasteiger partial charge in [0.2, 0.25) is 0 Å². The number of ketones is 1. The maximum absolute atomic E-state index is 13.1. The van der Waals surface area contributed by atoms with Crippen LogP contribution in [-0.2, 0) is 19.1 Å². The second-order valence-corrected chi connectivity index (χ2v) is 7.09. The Morgan fingerprint density at radius 2 is 1.15 bits per heavy atom. The predicted octanol–water partition coefficient (Wildman–Crippen LogP) is 4.29. The summed E-state index contributed by atoms with van der Waals surface area (Å²) in [5.74, 6) is -0.811. The Kier molecular flexibility index (Phi) is 6.82. The minimum absolute atomic E-state index is 0.0373. The summed E-state index contributed by atoms with van der Waals surface area (Å²) in [5.41, 5.74) is 0.648. The quantitative estimate of drug-likeness (QED) is 0.249. The summed E-state index contributed by atoms with van der Waals surface area (Å²) in [6, 6.07) is 13.4. The van der Waals surface area contributed by atoms with E-state index >= 15 is 0 Å². The van der Waals surface area contributed by atoms with E-state index < -0.39 is 17.7 Å². The van der Waals surface area contributed by atoms with Crippen LogP contribution < -0.4 is 9.47 Å². The minimum atomic E-state index is -0.509. The number of hydrogen-bond acceptors (Lipinski definition) is 9. The van der Waals surface area contributed by atoms with Gasteiger partial charge >= 0.3 is 11.9 Å². The third kappa shape index (κ3) is 4.88. The molecule has 0 amide bonds. The van der Waals surface area contributed by atoms with Crippen molar-refractivity contribution >= 4 is 39.7 Å². The number of furan rings is 2. The van der Waals surface area contributed by atoms with Crippen LogP contribution >= 0.6 is 0 Å². The second kappa shape index (κ2) is 10.1. The van der Waals surface area contributed by atoms with Crippen LogP contribution in [0.25, 0.3) is 21.9 Å². The number of benzene rings is 2. The molecule has 0 atom stereocenters. The van der Waals surface area contributed by atoms with E-state index in [1.807, 2.05) is 0 Å². The monoisotopic (exact) mass is 466 g/mol. The van der Waals surface area contributed by atoms with Crippen molar-refractivity contribution in [1.82, 2.24) is 0 Å². The lowest BCUT2D eigenvalue weighted by Crippen LogP contribution is -2.14. The van der Waals surface area contributed by atoms with E-state index in [9.17, 15) is 14.4 Å². The molecule has 2 aromatic carbocycles. The van der Waals surface area contributed by atoms with Crippen LogP contribution in [0.3, 0.4) is 0 Å². The molecule has 2 aromatic heterocycles. The molecule has 0 radical (unpaired) electrons. The van der Waals surface area contributed by atoms with Crippen molar-refractivity contribution in [2.45, 2.75) is 13.8 Å². The first-order valence-electron chi connectivity index (χ1n) is 10.7. The highest BCUT2D eigenvalue weighted by Crippen LogP contribution is 2.33. The zero-order chi connectivity index (χ0) is 24.1. The van der Waals surface area contributed by atoms with E-state index in [1.165, 1.54) is 0 Å². The van der Waals surface area contributed by atoms with Crippen LogP contribution in [-0.4, -0.2) is 44.1 Å². The fraction of sp³-hybridized carbons (Fsp3) is 0.240. The normalized spacial score (nSPS) is 10.9. The second-order valence-electron chi connectivity index (χ2n) is 7.09. The summed E-state index contributed by atoms with van der Waals surface area (Å²) in [6.45, 7) is 3.34. The summed E-state index contributed by atoms with van der Waals surface area (Å²) < 4.78 is 32.2. The Morgan fingerprint density at radius 3 is 1.56 bits per heavy atom. The lowest BCUT2D eigenvalue weighted by molar-refractivity contribution is -0.146. The number of hydrogen-bond donors (Lipinski definition) is 0. The summed E-state index contributed by atoms with van der Waals surface area (Å²) >= 11 is 0. The zero-order valence-electron chi connectivity index (χ0n) is 18.6. The lowest BCUT2D eigenvalue weighted by atomic mass is 10.2. The molecule has 0 saturated carbocycles. The van der Waals surface area contributed by atoms with Gasteiger partial charge in [-0.1, -0.05) is 24.3 Å². The van der Waals surface area contributed by atoms with Crippen LogP contribution in [0.1, 0.15) is 30.2 Å². The molecule has 9 heteroatoms. The smallest absolute Gasteiger partial charge is 0.344 e. The van der Waals surface area contributed by atoms with E-state index in [1.54, 1.807) is 62.4 Å². The van der Waals surface area contributed by atoms with Gasteiger partial charge in [-0.3, -0.25) is 4.79 Å². The lowest BCUT2D eigenvalue weighted by Gasteiger charge is -2.05. The molecular formula is C25H22O9. The molecule has 176 valence electrons. The van der Waals surface area contributed by atoms with Gasteiger partial charge in [-0.05, 0) is 38.1 Å². The standard InChI is InChI=1S/C25H22O9/c1-3-29-21(26)13-31-17-9-5-7-15-11-19(33-24(15)17)23(28)20-12-16-8-6-10-18(25(16)34-20)32-14-22(27)30-4-2/h5-12H,3-4,13-14H2,1-2H3. The molecule has 0 saturated heterocycles. The van der Waals surface area contributed by atoms with Crippen LogP contribution in [0.5, 0.6) is 11.5 Å². The Hall–Kier alpha value is -4.27. The highest BCUT2D eigenvalue weighted by Gasteiger charge is 2.22. The molecule has 2 heterocycles. The van der Waals surface area contributed by atoms with Gasteiger partial charge in [0, 0.05) is 10.8 Å². The maximum Gasteiger partial charge on any atom is 0.344 e. The molecule has 0 aliphatic heterocycles. The number of ether oxygens (including phenoxy) is 4. The minimum Gasteiger partial charge on any atom is -0.478 e. The molecule has 4 rings (SSSR count). The van der Waals surface area contributed by atoms with Gasteiger partial charge in [0.1, 0.15) is 0 Å². The summed E-state index contributed by atoms with van der Waals surface area (Å²) in [7, 11) is 0. The number of esters is 2. The molecule has 0 aliphatic rings.